The minimum atomic E-state index is -4.41. The van der Waals surface area contributed by atoms with Gasteiger partial charge < -0.3 is 9.64 Å². The van der Waals surface area contributed by atoms with Crippen molar-refractivity contribution < 1.29 is 22.7 Å². The SMILES string of the molecule is COC(=O)C1CCN(C)c2ccc(C(F)(F)F)cc21. The first-order valence-electron chi connectivity index (χ1n) is 5.84. The second-order valence-electron chi connectivity index (χ2n) is 4.56. The lowest BCUT2D eigenvalue weighted by molar-refractivity contribution is -0.143. The lowest BCUT2D eigenvalue weighted by Gasteiger charge is -2.32. The highest BCUT2D eigenvalue weighted by Crippen LogP contribution is 2.39. The summed E-state index contributed by atoms with van der Waals surface area (Å²) in [6.45, 7) is 0.609. The van der Waals surface area contributed by atoms with Crippen molar-refractivity contribution in [2.75, 3.05) is 25.6 Å². The first kappa shape index (κ1) is 13.7. The second-order valence-corrected chi connectivity index (χ2v) is 4.56. The van der Waals surface area contributed by atoms with Crippen LogP contribution in [0.5, 0.6) is 0 Å². The summed E-state index contributed by atoms with van der Waals surface area (Å²) >= 11 is 0. The fourth-order valence-electron chi connectivity index (χ4n) is 2.34. The van der Waals surface area contributed by atoms with E-state index < -0.39 is 23.6 Å². The largest absolute Gasteiger partial charge is 0.469 e. The molecule has 1 aromatic rings. The molecule has 1 aliphatic rings. The molecule has 1 heterocycles. The third kappa shape index (κ3) is 2.52. The van der Waals surface area contributed by atoms with Gasteiger partial charge in [0.15, 0.2) is 0 Å². The molecule has 0 saturated carbocycles. The lowest BCUT2D eigenvalue weighted by atomic mass is 9.89. The molecule has 1 unspecified atom stereocenters. The van der Waals surface area contributed by atoms with Crippen LogP contribution in [0.2, 0.25) is 0 Å². The van der Waals surface area contributed by atoms with E-state index in [-0.39, 0.29) is 0 Å². The van der Waals surface area contributed by atoms with Crippen LogP contribution in [0.3, 0.4) is 0 Å². The number of carbonyl (C=O) groups is 1. The van der Waals surface area contributed by atoms with E-state index in [0.29, 0.717) is 24.2 Å². The van der Waals surface area contributed by atoms with Crippen molar-refractivity contribution in [1.82, 2.24) is 0 Å². The van der Waals surface area contributed by atoms with Gasteiger partial charge in [0.05, 0.1) is 18.6 Å². The van der Waals surface area contributed by atoms with Crippen LogP contribution < -0.4 is 4.90 Å². The summed E-state index contributed by atoms with van der Waals surface area (Å²) in [7, 11) is 3.04. The standard InChI is InChI=1S/C13H14F3NO2/c1-17-6-5-9(12(18)19-2)10-7-8(13(14,15)16)3-4-11(10)17/h3-4,7,9H,5-6H2,1-2H3. The third-order valence-corrected chi connectivity index (χ3v) is 3.38. The van der Waals surface area contributed by atoms with E-state index in [0.717, 1.165) is 12.1 Å². The van der Waals surface area contributed by atoms with Gasteiger partial charge in [-0.15, -0.1) is 0 Å². The van der Waals surface area contributed by atoms with Gasteiger partial charge >= 0.3 is 12.1 Å². The molecule has 1 atom stereocenters. The van der Waals surface area contributed by atoms with Crippen molar-refractivity contribution in [3.8, 4) is 0 Å². The molecule has 0 aliphatic carbocycles. The van der Waals surface area contributed by atoms with Crippen molar-refractivity contribution in [2.24, 2.45) is 0 Å². The topological polar surface area (TPSA) is 29.5 Å². The van der Waals surface area contributed by atoms with Gasteiger partial charge in [-0.1, -0.05) is 0 Å². The van der Waals surface area contributed by atoms with Crippen molar-refractivity contribution in [1.29, 1.82) is 0 Å². The maximum Gasteiger partial charge on any atom is 0.416 e. The Labute approximate surface area is 109 Å². The van der Waals surface area contributed by atoms with Gasteiger partial charge in [-0.3, -0.25) is 4.79 Å². The van der Waals surface area contributed by atoms with Crippen LogP contribution in [0.4, 0.5) is 18.9 Å². The van der Waals surface area contributed by atoms with Crippen LogP contribution in [0, 0.1) is 0 Å². The number of halogens is 3. The van der Waals surface area contributed by atoms with Crippen LogP contribution in [-0.2, 0) is 15.7 Å². The number of benzene rings is 1. The zero-order valence-electron chi connectivity index (χ0n) is 10.6. The van der Waals surface area contributed by atoms with Crippen LogP contribution in [0.25, 0.3) is 0 Å². The van der Waals surface area contributed by atoms with Crippen molar-refractivity contribution in [3.63, 3.8) is 0 Å². The van der Waals surface area contributed by atoms with E-state index in [1.54, 1.807) is 7.05 Å². The number of methoxy groups -OCH3 is 1. The molecule has 19 heavy (non-hydrogen) atoms. The molecule has 0 N–H and O–H groups in total. The Bertz CT molecular complexity index is 499. The lowest BCUT2D eigenvalue weighted by Crippen LogP contribution is -2.31. The van der Waals surface area contributed by atoms with Gasteiger partial charge in [-0.25, -0.2) is 0 Å². The van der Waals surface area contributed by atoms with Gasteiger partial charge in [-0.2, -0.15) is 13.2 Å². The average molecular weight is 273 g/mol. The van der Waals surface area contributed by atoms with E-state index in [2.05, 4.69) is 4.74 Å². The van der Waals surface area contributed by atoms with Crippen LogP contribution in [0.15, 0.2) is 18.2 Å². The number of ether oxygens (including phenoxy) is 1. The molecule has 1 aliphatic heterocycles. The van der Waals surface area contributed by atoms with E-state index in [1.807, 2.05) is 4.90 Å². The van der Waals surface area contributed by atoms with Crippen LogP contribution >= 0.6 is 0 Å². The van der Waals surface area contributed by atoms with Gasteiger partial charge in [0.25, 0.3) is 0 Å². The number of fused-ring (bicyclic) bond motifs is 1. The smallest absolute Gasteiger partial charge is 0.416 e. The Morgan fingerprint density at radius 1 is 1.42 bits per heavy atom. The molecule has 0 bridgehead atoms. The zero-order chi connectivity index (χ0) is 14.2. The van der Waals surface area contributed by atoms with Gasteiger partial charge in [0.2, 0.25) is 0 Å². The Hall–Kier alpha value is -1.72. The molecule has 104 valence electrons. The number of esters is 1. The highest BCUT2D eigenvalue weighted by Gasteiger charge is 2.35. The summed E-state index contributed by atoms with van der Waals surface area (Å²) in [5, 5.41) is 0. The Morgan fingerprint density at radius 3 is 2.68 bits per heavy atom. The molecular weight excluding hydrogens is 259 g/mol. The molecule has 2 rings (SSSR count). The summed E-state index contributed by atoms with van der Waals surface area (Å²) < 4.78 is 42.9. The Kier molecular flexibility index (Phi) is 3.43. The first-order valence-corrected chi connectivity index (χ1v) is 5.84. The van der Waals surface area contributed by atoms with E-state index in [4.69, 9.17) is 0 Å². The van der Waals surface area contributed by atoms with Gasteiger partial charge in [0, 0.05) is 19.3 Å². The highest BCUT2D eigenvalue weighted by atomic mass is 19.4. The molecule has 3 nitrogen and oxygen atoms in total. The minimum absolute atomic E-state index is 0.385. The average Bonchev–Trinajstić information content (AvgIpc) is 2.37. The van der Waals surface area contributed by atoms with Crippen molar-refractivity contribution in [3.05, 3.63) is 29.3 Å². The van der Waals surface area contributed by atoms with Gasteiger partial charge in [0.1, 0.15) is 0 Å². The van der Waals surface area contributed by atoms with Gasteiger partial charge in [-0.05, 0) is 30.2 Å². The zero-order valence-corrected chi connectivity index (χ0v) is 10.6. The maximum atomic E-state index is 12.7. The molecule has 0 radical (unpaired) electrons. The number of nitrogens with zero attached hydrogens (tertiary/aromatic N) is 1. The molecule has 6 heteroatoms. The Balaban J connectivity index is 2.50. The summed E-state index contributed by atoms with van der Waals surface area (Å²) in [5.74, 6) is -1.12. The number of anilines is 1. The summed E-state index contributed by atoms with van der Waals surface area (Å²) in [4.78, 5) is 13.5. The quantitative estimate of drug-likeness (QED) is 0.737. The van der Waals surface area contributed by atoms with Crippen molar-refractivity contribution in [2.45, 2.75) is 18.5 Å². The van der Waals surface area contributed by atoms with Crippen molar-refractivity contribution >= 4 is 11.7 Å². The second kappa shape index (κ2) is 4.75. The molecule has 0 aromatic heterocycles. The minimum Gasteiger partial charge on any atom is -0.469 e. The van der Waals surface area contributed by atoms with E-state index >= 15 is 0 Å². The Morgan fingerprint density at radius 2 is 2.11 bits per heavy atom. The third-order valence-electron chi connectivity index (χ3n) is 3.38. The number of hydrogen-bond acceptors (Lipinski definition) is 3. The molecule has 1 aromatic carbocycles. The number of rotatable bonds is 1. The number of carbonyl (C=O) groups excluding carboxylic acids is 1. The van der Waals surface area contributed by atoms with Crippen LogP contribution in [0.1, 0.15) is 23.5 Å². The monoisotopic (exact) mass is 273 g/mol. The normalized spacial score (nSPS) is 19.0. The molecule has 0 spiro atoms. The van der Waals surface area contributed by atoms with E-state index in [9.17, 15) is 18.0 Å². The highest BCUT2D eigenvalue weighted by molar-refractivity contribution is 5.82. The predicted octanol–water partition coefficient (Wildman–Crippen LogP) is 2.80. The fraction of sp³-hybridized carbons (Fsp3) is 0.462. The first-order chi connectivity index (χ1) is 8.84. The molecular formula is C13H14F3NO2. The molecule has 0 saturated heterocycles. The van der Waals surface area contributed by atoms with E-state index in [1.165, 1.54) is 13.2 Å². The summed E-state index contributed by atoms with van der Waals surface area (Å²) in [5.41, 5.74) is 0.292. The number of hydrogen-bond donors (Lipinski definition) is 0. The predicted molar refractivity (Wildman–Crippen MR) is 64.1 cm³/mol. The summed E-state index contributed by atoms with van der Waals surface area (Å²) in [6, 6.07) is 3.49. The fourth-order valence-corrected chi connectivity index (χ4v) is 2.34. The number of alkyl halides is 3. The molecule has 0 fully saturated rings. The van der Waals surface area contributed by atoms with Crippen LogP contribution in [-0.4, -0.2) is 26.7 Å². The summed E-state index contributed by atoms with van der Waals surface area (Å²) in [6.07, 6.45) is -3.96. The maximum absolute atomic E-state index is 12.7. The molecule has 0 amide bonds.